The van der Waals surface area contributed by atoms with Crippen LogP contribution in [0.15, 0.2) is 0 Å². The third kappa shape index (κ3) is 23.6. The Morgan fingerprint density at radius 1 is 0.833 bits per heavy atom. The van der Waals surface area contributed by atoms with Gasteiger partial charge in [0.2, 0.25) is 0 Å². The fourth-order valence-electron chi connectivity index (χ4n) is 0. The molecule has 0 aromatic rings. The van der Waals surface area contributed by atoms with E-state index in [1.165, 1.54) is 0 Å². The average molecular weight is 399 g/mol. The van der Waals surface area contributed by atoms with Crippen LogP contribution in [0.1, 0.15) is 0 Å². The first-order chi connectivity index (χ1) is 0. The minimum Gasteiger partial charge on any atom is 0 e. The van der Waals surface area contributed by atoms with E-state index in [0.717, 1.165) is 0 Å². The molecule has 6 heavy (non-hydrogen) atoms. The molecule has 0 N–H and O–H groups in total. The number of hydrogen-bond donors (Lipinski definition) is 0. The van der Waals surface area contributed by atoms with E-state index in [4.69, 9.17) is 0 Å². The van der Waals surface area contributed by atoms with Crippen LogP contribution >= 0.6 is 0 Å². The molecule has 3 radical (unpaired) electrons. The van der Waals surface area contributed by atoms with Crippen LogP contribution in [0, 0.1) is 0 Å². The predicted molar refractivity (Wildman–Crippen MR) is 5.75 cm³/mol. The molecule has 0 bridgehead atoms. The molecule has 0 aromatic carbocycles. The van der Waals surface area contributed by atoms with Gasteiger partial charge in [-0.25, -0.2) is 0 Å². The number of hydrogen-bond acceptors (Lipinski definition) is 0. The SMILES string of the molecule is [Ca].[Cd].[Cr].[Cu].[Zn].[Zn]. The number of rotatable bonds is 0. The molecular weight excluding hydrogens is 399 g/mol. The molecule has 0 unspecified atom stereocenters. The van der Waals surface area contributed by atoms with Crippen LogP contribution in [0.25, 0.3) is 0 Å². The van der Waals surface area contributed by atoms with Crippen LogP contribution in [0.4, 0.5) is 0 Å². The quantitative estimate of drug-likeness (QED) is 0.488. The van der Waals surface area contributed by atoms with Gasteiger partial charge in [-0.3, -0.25) is 0 Å². The zero-order chi connectivity index (χ0) is 0. The molecule has 0 fully saturated rings. The molecule has 0 nitrogen and oxygen atoms in total. The summed E-state index contributed by atoms with van der Waals surface area (Å²) in [6.45, 7) is 0. The van der Waals surface area contributed by atoms with Gasteiger partial charge < -0.3 is 0 Å². The van der Waals surface area contributed by atoms with Gasteiger partial charge in [-0.1, -0.05) is 0 Å². The van der Waals surface area contributed by atoms with Gasteiger partial charge >= 0.3 is 0 Å². The molecule has 0 aliphatic rings. The molecule has 0 rings (SSSR count). The summed E-state index contributed by atoms with van der Waals surface area (Å²) in [6, 6.07) is 0. The first kappa shape index (κ1) is 46.9. The van der Waals surface area contributed by atoms with Crippen LogP contribution < -0.4 is 0 Å². The molecule has 0 atom stereocenters. The first-order valence-corrected chi connectivity index (χ1v) is 0. The minimum absolute atomic E-state index is 0. The van der Waals surface area contributed by atoms with Crippen molar-refractivity contribution in [1.29, 1.82) is 0 Å². The van der Waals surface area contributed by atoms with Gasteiger partial charge in [0.1, 0.15) is 0 Å². The molecule has 0 aromatic heterocycles. The van der Waals surface area contributed by atoms with E-state index >= 15 is 0 Å². The largest absolute Gasteiger partial charge is 0 e. The Labute approximate surface area is 135 Å². The minimum atomic E-state index is 0. The van der Waals surface area contributed by atoms with Crippen molar-refractivity contribution in [3.63, 3.8) is 0 Å². The van der Waals surface area contributed by atoms with Crippen LogP contribution in [0.2, 0.25) is 0 Å². The van der Waals surface area contributed by atoms with Crippen molar-refractivity contribution in [1.82, 2.24) is 0 Å². The summed E-state index contributed by atoms with van der Waals surface area (Å²) < 4.78 is 0. The summed E-state index contributed by atoms with van der Waals surface area (Å²) in [6.07, 6.45) is 0. The van der Waals surface area contributed by atoms with Crippen molar-refractivity contribution in [2.75, 3.05) is 0 Å². The van der Waals surface area contributed by atoms with Gasteiger partial charge in [0, 0.05) is 138 Å². The van der Waals surface area contributed by atoms with Gasteiger partial charge in [0.15, 0.2) is 0 Å². The summed E-state index contributed by atoms with van der Waals surface area (Å²) in [5.41, 5.74) is 0. The van der Waals surface area contributed by atoms with Crippen LogP contribution in [0.3, 0.4) is 0 Å². The van der Waals surface area contributed by atoms with E-state index < -0.39 is 0 Å². The second-order valence-electron chi connectivity index (χ2n) is 0. The normalized spacial score (nSPS) is 0. The second-order valence-corrected chi connectivity index (χ2v) is 0. The third-order valence-corrected chi connectivity index (χ3v) is 0. The van der Waals surface area contributed by atoms with Gasteiger partial charge in [-0.05, 0) is 0 Å². The van der Waals surface area contributed by atoms with Crippen molar-refractivity contribution >= 4 is 37.7 Å². The zero-order valence-corrected chi connectivity index (χ0v) is 17.9. The van der Waals surface area contributed by atoms with E-state index in [9.17, 15) is 0 Å². The molecule has 25 valence electrons. The Bertz CT molecular complexity index is 13.5. The smallest absolute Gasteiger partial charge is 0 e. The van der Waals surface area contributed by atoms with Crippen molar-refractivity contribution < 1.29 is 101 Å². The molecule has 0 spiro atoms. The zero-order valence-electron chi connectivity index (χ0n) is 3.54. The fourth-order valence-corrected chi connectivity index (χ4v) is 0. The Morgan fingerprint density at radius 2 is 0.833 bits per heavy atom. The molecule has 0 aliphatic heterocycles. The van der Waals surface area contributed by atoms with Crippen LogP contribution in [-0.2, 0) is 101 Å². The van der Waals surface area contributed by atoms with E-state index in [-0.39, 0.29) is 138 Å². The van der Waals surface area contributed by atoms with Crippen LogP contribution in [0.5, 0.6) is 0 Å². The van der Waals surface area contributed by atoms with Crippen molar-refractivity contribution in [2.24, 2.45) is 0 Å². The summed E-state index contributed by atoms with van der Waals surface area (Å²) in [5, 5.41) is 0. The molecule has 0 saturated carbocycles. The molecule has 0 saturated heterocycles. The van der Waals surface area contributed by atoms with Crippen molar-refractivity contribution in [2.45, 2.75) is 0 Å². The van der Waals surface area contributed by atoms with Gasteiger partial charge in [0.25, 0.3) is 0 Å². The molecular formula is CaCdCrCuZn2. The van der Waals surface area contributed by atoms with Crippen molar-refractivity contribution in [3.05, 3.63) is 0 Å². The van der Waals surface area contributed by atoms with Gasteiger partial charge in [-0.2, -0.15) is 0 Å². The van der Waals surface area contributed by atoms with E-state index in [1.54, 1.807) is 0 Å². The topological polar surface area (TPSA) is 0 Å². The Balaban J connectivity index is 0. The maximum Gasteiger partial charge on any atom is 0 e. The van der Waals surface area contributed by atoms with Crippen molar-refractivity contribution in [3.8, 4) is 0 Å². The maximum absolute atomic E-state index is 0. The standard InChI is InChI=1S/Ca.Cd.Cr.Cu.2Zn. The molecule has 0 amide bonds. The fraction of sp³-hybridized carbons (Fsp3) is 0. The van der Waals surface area contributed by atoms with E-state index in [1.807, 2.05) is 0 Å². The van der Waals surface area contributed by atoms with E-state index in [2.05, 4.69) is 0 Å². The summed E-state index contributed by atoms with van der Waals surface area (Å²) >= 11 is 0. The monoisotopic (exact) mass is 397 g/mol. The maximum atomic E-state index is 0. The second kappa shape index (κ2) is 34.0. The Morgan fingerprint density at radius 3 is 0.833 bits per heavy atom. The Hall–Kier alpha value is 4.48. The predicted octanol–water partition coefficient (Wildman–Crippen LogP) is -0.393. The summed E-state index contributed by atoms with van der Waals surface area (Å²) in [5.74, 6) is 0. The van der Waals surface area contributed by atoms with E-state index in [0.29, 0.717) is 0 Å². The summed E-state index contributed by atoms with van der Waals surface area (Å²) in [7, 11) is 0. The summed E-state index contributed by atoms with van der Waals surface area (Å²) in [4.78, 5) is 0. The average Bonchev–Trinajstić information content (AvgIpc) is 0. The van der Waals surface area contributed by atoms with Gasteiger partial charge in [-0.15, -0.1) is 0 Å². The molecule has 0 aliphatic carbocycles. The third-order valence-electron chi connectivity index (χ3n) is 0. The first-order valence-electron chi connectivity index (χ1n) is 0. The Kier molecular flexibility index (Phi) is 266. The van der Waals surface area contributed by atoms with Crippen LogP contribution in [-0.4, -0.2) is 37.7 Å². The molecule has 0 heterocycles. The van der Waals surface area contributed by atoms with Gasteiger partial charge in [0.05, 0.1) is 0 Å². The molecule has 6 heteroatoms.